The summed E-state index contributed by atoms with van der Waals surface area (Å²) >= 11 is 0. The first-order valence-corrected chi connectivity index (χ1v) is 11.6. The van der Waals surface area contributed by atoms with E-state index < -0.39 is 6.04 Å². The normalized spacial score (nSPS) is 11.8. The summed E-state index contributed by atoms with van der Waals surface area (Å²) < 4.78 is 3.31. The van der Waals surface area contributed by atoms with Crippen molar-refractivity contribution in [3.63, 3.8) is 0 Å². The maximum atomic E-state index is 12.6. The van der Waals surface area contributed by atoms with Gasteiger partial charge in [0.15, 0.2) is 0 Å². The van der Waals surface area contributed by atoms with E-state index in [0.29, 0.717) is 22.7 Å². The molecule has 0 aliphatic rings. The molecule has 0 fully saturated rings. The van der Waals surface area contributed by atoms with Gasteiger partial charge in [0.1, 0.15) is 28.9 Å². The molecule has 5 rings (SSSR count). The number of aryl methyl sites for hydroxylation is 2. The van der Waals surface area contributed by atoms with Crippen LogP contribution in [0.25, 0.3) is 33.2 Å². The summed E-state index contributed by atoms with van der Waals surface area (Å²) in [7, 11) is 5.28. The van der Waals surface area contributed by atoms with Crippen LogP contribution in [0.5, 0.6) is 0 Å². The predicted molar refractivity (Wildman–Crippen MR) is 142 cm³/mol. The van der Waals surface area contributed by atoms with Gasteiger partial charge in [-0.2, -0.15) is 5.10 Å². The highest BCUT2D eigenvalue weighted by molar-refractivity contribution is 5.95. The highest BCUT2D eigenvalue weighted by atomic mass is 16.2. The van der Waals surface area contributed by atoms with Gasteiger partial charge in [-0.1, -0.05) is 5.92 Å². The predicted octanol–water partition coefficient (Wildman–Crippen LogP) is 2.22. The quantitative estimate of drug-likeness (QED) is 0.369. The van der Waals surface area contributed by atoms with Crippen molar-refractivity contribution in [1.29, 1.82) is 0 Å². The fourth-order valence-corrected chi connectivity index (χ4v) is 3.98. The second-order valence-electron chi connectivity index (χ2n) is 8.60. The van der Waals surface area contributed by atoms with Crippen LogP contribution in [0.15, 0.2) is 59.8 Å². The molecule has 0 aliphatic heterocycles. The van der Waals surface area contributed by atoms with Gasteiger partial charge in [0.05, 0.1) is 23.4 Å². The van der Waals surface area contributed by atoms with Crippen LogP contribution in [0.4, 0.5) is 5.82 Å². The van der Waals surface area contributed by atoms with E-state index >= 15 is 0 Å². The first-order chi connectivity index (χ1) is 17.8. The van der Waals surface area contributed by atoms with Crippen molar-refractivity contribution in [2.24, 2.45) is 14.1 Å². The van der Waals surface area contributed by atoms with E-state index in [0.717, 1.165) is 27.5 Å². The van der Waals surface area contributed by atoms with Gasteiger partial charge >= 0.3 is 0 Å². The Morgan fingerprint density at radius 1 is 1.05 bits per heavy atom. The van der Waals surface area contributed by atoms with E-state index in [1.54, 1.807) is 48.6 Å². The average Bonchev–Trinajstić information content (AvgIpc) is 3.29. The SMILES string of the molecule is CN[C@H](C)C(=O)Nc1cc(-c2ncnc3cnn(C)c23)cc(C#Cc2ccc3c(ccc(=O)n3C)c2)n1. The Hall–Kier alpha value is -4.88. The van der Waals surface area contributed by atoms with Crippen molar-refractivity contribution < 1.29 is 4.79 Å². The lowest BCUT2D eigenvalue weighted by Gasteiger charge is -2.12. The third-order valence-corrected chi connectivity index (χ3v) is 6.16. The molecule has 1 atom stereocenters. The Kier molecular flexibility index (Phi) is 6.21. The van der Waals surface area contributed by atoms with Crippen LogP contribution in [0.2, 0.25) is 0 Å². The lowest BCUT2D eigenvalue weighted by molar-refractivity contribution is -0.117. The smallest absolute Gasteiger partial charge is 0.250 e. The van der Waals surface area contributed by atoms with E-state index in [-0.39, 0.29) is 11.5 Å². The summed E-state index contributed by atoms with van der Waals surface area (Å²) in [5.41, 5.74) is 4.82. The second kappa shape index (κ2) is 9.64. The zero-order valence-corrected chi connectivity index (χ0v) is 20.8. The summed E-state index contributed by atoms with van der Waals surface area (Å²) in [6, 6.07) is 12.2. The summed E-state index contributed by atoms with van der Waals surface area (Å²) in [4.78, 5) is 37.8. The van der Waals surface area contributed by atoms with Crippen molar-refractivity contribution in [1.82, 2.24) is 34.6 Å². The number of amides is 1. The number of nitrogens with zero attached hydrogens (tertiary/aromatic N) is 6. The molecule has 0 unspecified atom stereocenters. The molecule has 0 radical (unpaired) electrons. The number of anilines is 1. The Morgan fingerprint density at radius 3 is 2.70 bits per heavy atom. The number of benzene rings is 1. The number of carbonyl (C=O) groups excluding carboxylic acids is 1. The highest BCUT2D eigenvalue weighted by Crippen LogP contribution is 2.27. The van der Waals surface area contributed by atoms with Crippen molar-refractivity contribution in [2.45, 2.75) is 13.0 Å². The Labute approximate surface area is 212 Å². The Balaban J connectivity index is 1.60. The molecule has 0 bridgehead atoms. The molecule has 4 heterocycles. The zero-order valence-electron chi connectivity index (χ0n) is 20.8. The highest BCUT2D eigenvalue weighted by Gasteiger charge is 2.16. The molecular formula is C27H24N8O2. The number of rotatable bonds is 4. The van der Waals surface area contributed by atoms with E-state index in [1.807, 2.05) is 31.3 Å². The van der Waals surface area contributed by atoms with Crippen LogP contribution >= 0.6 is 0 Å². The number of fused-ring (bicyclic) bond motifs is 2. The topological polar surface area (TPSA) is 120 Å². The van der Waals surface area contributed by atoms with Crippen LogP contribution in [0.3, 0.4) is 0 Å². The minimum atomic E-state index is -0.406. The number of hydrogen-bond donors (Lipinski definition) is 2. The molecule has 4 aromatic heterocycles. The van der Waals surface area contributed by atoms with E-state index in [1.165, 1.54) is 12.4 Å². The van der Waals surface area contributed by atoms with Gasteiger partial charge in [-0.05, 0) is 61.7 Å². The third-order valence-electron chi connectivity index (χ3n) is 6.16. The van der Waals surface area contributed by atoms with Crippen molar-refractivity contribution in [2.75, 3.05) is 12.4 Å². The summed E-state index contributed by atoms with van der Waals surface area (Å²) in [6.45, 7) is 1.76. The van der Waals surface area contributed by atoms with E-state index in [2.05, 4.69) is 42.5 Å². The summed E-state index contributed by atoms with van der Waals surface area (Å²) in [5.74, 6) is 6.40. The van der Waals surface area contributed by atoms with E-state index in [4.69, 9.17) is 0 Å². The number of nitrogens with one attached hydrogen (secondary N) is 2. The molecule has 1 aromatic carbocycles. The molecular weight excluding hydrogens is 468 g/mol. The van der Waals surface area contributed by atoms with Gasteiger partial charge in [0.25, 0.3) is 5.56 Å². The number of aromatic nitrogens is 6. The van der Waals surface area contributed by atoms with Crippen LogP contribution in [-0.4, -0.2) is 48.3 Å². The van der Waals surface area contributed by atoms with Crippen molar-refractivity contribution in [3.05, 3.63) is 76.6 Å². The van der Waals surface area contributed by atoms with Crippen LogP contribution in [0, 0.1) is 11.8 Å². The van der Waals surface area contributed by atoms with Gasteiger partial charge in [-0.3, -0.25) is 14.3 Å². The van der Waals surface area contributed by atoms with Crippen LogP contribution in [0.1, 0.15) is 18.2 Å². The van der Waals surface area contributed by atoms with Crippen LogP contribution < -0.4 is 16.2 Å². The number of carbonyl (C=O) groups is 1. The molecule has 1 amide bonds. The lowest BCUT2D eigenvalue weighted by Crippen LogP contribution is -2.35. The third kappa shape index (κ3) is 4.68. The lowest BCUT2D eigenvalue weighted by atomic mass is 10.1. The Morgan fingerprint density at radius 2 is 1.89 bits per heavy atom. The first-order valence-electron chi connectivity index (χ1n) is 11.6. The molecule has 37 heavy (non-hydrogen) atoms. The number of pyridine rings is 2. The van der Waals surface area contributed by atoms with Crippen molar-refractivity contribution >= 4 is 33.7 Å². The zero-order chi connectivity index (χ0) is 26.1. The van der Waals surface area contributed by atoms with Gasteiger partial charge in [-0.25, -0.2) is 15.0 Å². The molecule has 10 nitrogen and oxygen atoms in total. The number of likely N-dealkylation sites (N-methyl/N-ethyl adjacent to an activating group) is 1. The van der Waals surface area contributed by atoms with Crippen molar-refractivity contribution in [3.8, 4) is 23.1 Å². The molecule has 184 valence electrons. The maximum Gasteiger partial charge on any atom is 0.250 e. The molecule has 5 aromatic rings. The first kappa shape index (κ1) is 23.8. The summed E-state index contributed by atoms with van der Waals surface area (Å²) in [5, 5.41) is 11.0. The fraction of sp³-hybridized carbons (Fsp3) is 0.185. The van der Waals surface area contributed by atoms with Gasteiger partial charge in [0.2, 0.25) is 5.91 Å². The van der Waals surface area contributed by atoms with Gasteiger partial charge in [-0.15, -0.1) is 0 Å². The molecule has 10 heteroatoms. The second-order valence-corrected chi connectivity index (χ2v) is 8.60. The molecule has 0 saturated carbocycles. The minimum Gasteiger partial charge on any atom is -0.311 e. The molecule has 0 aliphatic carbocycles. The average molecular weight is 493 g/mol. The molecule has 2 N–H and O–H groups in total. The van der Waals surface area contributed by atoms with Gasteiger partial charge < -0.3 is 15.2 Å². The standard InChI is InChI=1S/C27H24N8O2/c1-16(28-2)27(37)33-23-13-19(25-26-21(29-15-30-25)14-31-35(26)4)12-20(32-23)8-5-17-6-9-22-18(11-17)7-10-24(36)34(22)3/h6-7,9-16,28H,1-4H3,(H,32,33,37)/t16-/m1/s1. The fourth-order valence-electron chi connectivity index (χ4n) is 3.98. The maximum absolute atomic E-state index is 12.6. The molecule has 0 saturated heterocycles. The van der Waals surface area contributed by atoms with Crippen LogP contribution in [-0.2, 0) is 18.9 Å². The largest absolute Gasteiger partial charge is 0.311 e. The number of hydrogen-bond acceptors (Lipinski definition) is 7. The molecule has 0 spiro atoms. The summed E-state index contributed by atoms with van der Waals surface area (Å²) in [6.07, 6.45) is 3.16. The Bertz CT molecular complexity index is 1790. The monoisotopic (exact) mass is 492 g/mol. The minimum absolute atomic E-state index is 0.0678. The van der Waals surface area contributed by atoms with E-state index in [9.17, 15) is 9.59 Å². The van der Waals surface area contributed by atoms with Gasteiger partial charge in [0, 0.05) is 31.3 Å².